The Kier molecular flexibility index (Phi) is 3.39. The first-order valence-corrected chi connectivity index (χ1v) is 6.66. The SMILES string of the molecule is CNC(CN1CCCC1)c1ccc2c(c1)OCO2. The van der Waals surface area contributed by atoms with Crippen LogP contribution in [-0.4, -0.2) is 38.4 Å². The predicted octanol–water partition coefficient (Wildman–Crippen LogP) is 1.77. The fourth-order valence-electron chi connectivity index (χ4n) is 2.72. The molecule has 2 aliphatic heterocycles. The molecule has 2 aliphatic rings. The normalized spacial score (nSPS) is 20.3. The van der Waals surface area contributed by atoms with E-state index in [9.17, 15) is 0 Å². The number of likely N-dealkylation sites (N-methyl/N-ethyl adjacent to an activating group) is 1. The largest absolute Gasteiger partial charge is 0.454 e. The van der Waals surface area contributed by atoms with Crippen LogP contribution in [0.4, 0.5) is 0 Å². The summed E-state index contributed by atoms with van der Waals surface area (Å²) in [7, 11) is 2.02. The molecule has 1 aromatic rings. The zero-order valence-corrected chi connectivity index (χ0v) is 10.8. The summed E-state index contributed by atoms with van der Waals surface area (Å²) < 4.78 is 10.8. The summed E-state index contributed by atoms with van der Waals surface area (Å²) >= 11 is 0. The third-order valence-electron chi connectivity index (χ3n) is 3.79. The zero-order chi connectivity index (χ0) is 12.4. The number of nitrogens with one attached hydrogen (secondary N) is 1. The number of hydrogen-bond acceptors (Lipinski definition) is 4. The first kappa shape index (κ1) is 11.8. The topological polar surface area (TPSA) is 33.7 Å². The summed E-state index contributed by atoms with van der Waals surface area (Å²) in [6.07, 6.45) is 2.66. The van der Waals surface area contributed by atoms with Crippen LogP contribution in [0.3, 0.4) is 0 Å². The van der Waals surface area contributed by atoms with Gasteiger partial charge in [-0.15, -0.1) is 0 Å². The Hall–Kier alpha value is -1.26. The van der Waals surface area contributed by atoms with Crippen molar-refractivity contribution in [1.29, 1.82) is 0 Å². The lowest BCUT2D eigenvalue weighted by atomic mass is 10.1. The molecule has 1 atom stereocenters. The van der Waals surface area contributed by atoms with E-state index in [2.05, 4.69) is 22.3 Å². The average Bonchev–Trinajstić information content (AvgIpc) is 3.06. The van der Waals surface area contributed by atoms with Crippen LogP contribution in [0.1, 0.15) is 24.4 Å². The van der Waals surface area contributed by atoms with Gasteiger partial charge in [-0.2, -0.15) is 0 Å². The molecule has 18 heavy (non-hydrogen) atoms. The molecule has 4 nitrogen and oxygen atoms in total. The van der Waals surface area contributed by atoms with Crippen LogP contribution < -0.4 is 14.8 Å². The van der Waals surface area contributed by atoms with E-state index in [1.54, 1.807) is 0 Å². The van der Waals surface area contributed by atoms with Crippen LogP contribution in [0.15, 0.2) is 18.2 Å². The van der Waals surface area contributed by atoms with Crippen molar-refractivity contribution in [3.63, 3.8) is 0 Å². The van der Waals surface area contributed by atoms with Gasteiger partial charge >= 0.3 is 0 Å². The number of benzene rings is 1. The monoisotopic (exact) mass is 248 g/mol. The Morgan fingerprint density at radius 2 is 2.00 bits per heavy atom. The predicted molar refractivity (Wildman–Crippen MR) is 70.0 cm³/mol. The minimum atomic E-state index is 0.342. The van der Waals surface area contributed by atoms with E-state index >= 15 is 0 Å². The van der Waals surface area contributed by atoms with Crippen LogP contribution in [0.25, 0.3) is 0 Å². The van der Waals surface area contributed by atoms with Gasteiger partial charge in [-0.3, -0.25) is 0 Å². The number of ether oxygens (including phenoxy) is 2. The molecule has 1 saturated heterocycles. The number of fused-ring (bicyclic) bond motifs is 1. The molecule has 0 radical (unpaired) electrons. The van der Waals surface area contributed by atoms with Gasteiger partial charge in [0.25, 0.3) is 0 Å². The van der Waals surface area contributed by atoms with Gasteiger partial charge in [-0.05, 0) is 50.7 Å². The van der Waals surface area contributed by atoms with E-state index in [1.165, 1.54) is 31.5 Å². The molecule has 1 fully saturated rings. The van der Waals surface area contributed by atoms with Crippen molar-refractivity contribution in [1.82, 2.24) is 10.2 Å². The standard InChI is InChI=1S/C14H20N2O2/c1-15-12(9-16-6-2-3-7-16)11-4-5-13-14(8-11)18-10-17-13/h4-5,8,12,15H,2-3,6-7,9-10H2,1H3. The molecule has 0 saturated carbocycles. The quantitative estimate of drug-likeness (QED) is 0.880. The Bertz CT molecular complexity index is 416. The molecule has 0 aliphatic carbocycles. The first-order valence-electron chi connectivity index (χ1n) is 6.66. The highest BCUT2D eigenvalue weighted by atomic mass is 16.7. The Morgan fingerprint density at radius 1 is 1.22 bits per heavy atom. The highest BCUT2D eigenvalue weighted by Gasteiger charge is 2.20. The first-order chi connectivity index (χ1) is 8.86. The van der Waals surface area contributed by atoms with Gasteiger partial charge in [0.15, 0.2) is 11.5 Å². The maximum atomic E-state index is 5.44. The summed E-state index contributed by atoms with van der Waals surface area (Å²) in [5.74, 6) is 1.73. The Balaban J connectivity index is 1.74. The van der Waals surface area contributed by atoms with E-state index in [0.29, 0.717) is 12.8 Å². The molecule has 0 bridgehead atoms. The molecule has 1 aromatic carbocycles. The summed E-state index contributed by atoms with van der Waals surface area (Å²) in [5.41, 5.74) is 1.27. The second-order valence-corrected chi connectivity index (χ2v) is 4.96. The highest BCUT2D eigenvalue weighted by Crippen LogP contribution is 2.34. The fourth-order valence-corrected chi connectivity index (χ4v) is 2.72. The van der Waals surface area contributed by atoms with Gasteiger partial charge in [0.2, 0.25) is 6.79 Å². The van der Waals surface area contributed by atoms with Crippen molar-refractivity contribution in [2.24, 2.45) is 0 Å². The fraction of sp³-hybridized carbons (Fsp3) is 0.571. The third kappa shape index (κ3) is 2.31. The van der Waals surface area contributed by atoms with Crippen molar-refractivity contribution in [3.8, 4) is 11.5 Å². The van der Waals surface area contributed by atoms with Gasteiger partial charge in [-0.25, -0.2) is 0 Å². The zero-order valence-electron chi connectivity index (χ0n) is 10.8. The molecular weight excluding hydrogens is 228 g/mol. The second-order valence-electron chi connectivity index (χ2n) is 4.96. The maximum absolute atomic E-state index is 5.44. The number of nitrogens with zero attached hydrogens (tertiary/aromatic N) is 1. The third-order valence-corrected chi connectivity index (χ3v) is 3.79. The van der Waals surface area contributed by atoms with E-state index in [1.807, 2.05) is 13.1 Å². The van der Waals surface area contributed by atoms with Gasteiger partial charge in [0.05, 0.1) is 0 Å². The van der Waals surface area contributed by atoms with Crippen molar-refractivity contribution in [3.05, 3.63) is 23.8 Å². The lowest BCUT2D eigenvalue weighted by molar-refractivity contribution is 0.174. The summed E-state index contributed by atoms with van der Waals surface area (Å²) in [6, 6.07) is 6.59. The summed E-state index contributed by atoms with van der Waals surface area (Å²) in [6.45, 7) is 3.86. The van der Waals surface area contributed by atoms with Crippen LogP contribution in [-0.2, 0) is 0 Å². The van der Waals surface area contributed by atoms with Crippen molar-refractivity contribution in [2.75, 3.05) is 33.5 Å². The van der Waals surface area contributed by atoms with E-state index in [0.717, 1.165) is 18.0 Å². The van der Waals surface area contributed by atoms with Gasteiger partial charge in [0.1, 0.15) is 0 Å². The van der Waals surface area contributed by atoms with E-state index < -0.39 is 0 Å². The van der Waals surface area contributed by atoms with Gasteiger partial charge < -0.3 is 19.7 Å². The molecule has 0 amide bonds. The number of rotatable bonds is 4. The second kappa shape index (κ2) is 5.16. The Morgan fingerprint density at radius 3 is 2.78 bits per heavy atom. The number of hydrogen-bond donors (Lipinski definition) is 1. The number of likely N-dealkylation sites (tertiary alicyclic amines) is 1. The molecule has 1 unspecified atom stereocenters. The molecular formula is C14H20N2O2. The molecule has 98 valence electrons. The summed E-state index contributed by atoms with van der Waals surface area (Å²) in [4.78, 5) is 2.52. The lowest BCUT2D eigenvalue weighted by Crippen LogP contribution is -2.31. The molecule has 3 rings (SSSR count). The van der Waals surface area contributed by atoms with Crippen LogP contribution in [0, 0.1) is 0 Å². The van der Waals surface area contributed by atoms with E-state index in [4.69, 9.17) is 9.47 Å². The van der Waals surface area contributed by atoms with Crippen molar-refractivity contribution >= 4 is 0 Å². The highest BCUT2D eigenvalue weighted by molar-refractivity contribution is 5.45. The lowest BCUT2D eigenvalue weighted by Gasteiger charge is -2.23. The molecule has 4 heteroatoms. The van der Waals surface area contributed by atoms with Crippen LogP contribution in [0.2, 0.25) is 0 Å². The van der Waals surface area contributed by atoms with E-state index in [-0.39, 0.29) is 0 Å². The smallest absolute Gasteiger partial charge is 0.231 e. The summed E-state index contributed by atoms with van der Waals surface area (Å²) in [5, 5.41) is 3.40. The Labute approximate surface area is 108 Å². The minimum absolute atomic E-state index is 0.342. The van der Waals surface area contributed by atoms with Crippen molar-refractivity contribution in [2.45, 2.75) is 18.9 Å². The van der Waals surface area contributed by atoms with Crippen LogP contribution in [0.5, 0.6) is 11.5 Å². The maximum Gasteiger partial charge on any atom is 0.231 e. The van der Waals surface area contributed by atoms with Crippen LogP contribution >= 0.6 is 0 Å². The molecule has 2 heterocycles. The van der Waals surface area contributed by atoms with Gasteiger partial charge in [-0.1, -0.05) is 6.07 Å². The molecule has 0 aromatic heterocycles. The van der Waals surface area contributed by atoms with Gasteiger partial charge in [0, 0.05) is 12.6 Å². The average molecular weight is 248 g/mol. The molecule has 0 spiro atoms. The molecule has 1 N–H and O–H groups in total. The van der Waals surface area contributed by atoms with Crippen molar-refractivity contribution < 1.29 is 9.47 Å². The minimum Gasteiger partial charge on any atom is -0.454 e.